The zero-order valence-corrected chi connectivity index (χ0v) is 20.4. The molecule has 7 nitrogen and oxygen atoms in total. The second-order valence-corrected chi connectivity index (χ2v) is 9.70. The molecule has 1 unspecified atom stereocenters. The lowest BCUT2D eigenvalue weighted by Gasteiger charge is -2.20. The van der Waals surface area contributed by atoms with Crippen molar-refractivity contribution in [1.82, 2.24) is 5.32 Å². The van der Waals surface area contributed by atoms with Gasteiger partial charge in [-0.3, -0.25) is 9.10 Å². The standard InChI is InChI=1S/C26H30N2O5S/c1-20(21-9-5-4-6-10-21)33-18-8-17-27-26(29)22-11-7-12-25(19-22)34(30,31)28(2)23-13-15-24(32-3)16-14-23/h4-7,9-16,19-20H,8,17-18H2,1-3H3,(H,27,29). The smallest absolute Gasteiger partial charge is 0.264 e. The van der Waals surface area contributed by atoms with Gasteiger partial charge >= 0.3 is 0 Å². The van der Waals surface area contributed by atoms with Crippen LogP contribution >= 0.6 is 0 Å². The van der Waals surface area contributed by atoms with Crippen molar-refractivity contribution in [2.24, 2.45) is 0 Å². The lowest BCUT2D eigenvalue weighted by Crippen LogP contribution is -2.28. The summed E-state index contributed by atoms with van der Waals surface area (Å²) in [5, 5.41) is 2.82. The summed E-state index contributed by atoms with van der Waals surface area (Å²) >= 11 is 0. The lowest BCUT2D eigenvalue weighted by atomic mass is 10.1. The summed E-state index contributed by atoms with van der Waals surface area (Å²) in [6.07, 6.45) is 0.614. The number of carbonyl (C=O) groups is 1. The Morgan fingerprint density at radius 1 is 1.00 bits per heavy atom. The third kappa shape index (κ3) is 6.36. The van der Waals surface area contributed by atoms with Crippen molar-refractivity contribution in [2.45, 2.75) is 24.3 Å². The maximum atomic E-state index is 13.1. The van der Waals surface area contributed by atoms with E-state index in [0.29, 0.717) is 31.0 Å². The minimum atomic E-state index is -3.84. The quantitative estimate of drug-likeness (QED) is 0.409. The number of benzene rings is 3. The number of nitrogens with zero attached hydrogens (tertiary/aromatic N) is 1. The van der Waals surface area contributed by atoms with Gasteiger partial charge in [-0.05, 0) is 61.4 Å². The van der Waals surface area contributed by atoms with Gasteiger partial charge in [0.1, 0.15) is 5.75 Å². The van der Waals surface area contributed by atoms with E-state index in [2.05, 4.69) is 5.32 Å². The normalized spacial score (nSPS) is 12.1. The maximum absolute atomic E-state index is 13.1. The molecule has 0 radical (unpaired) electrons. The molecule has 0 aliphatic carbocycles. The number of amides is 1. The van der Waals surface area contributed by atoms with Crippen LogP contribution in [0.3, 0.4) is 0 Å². The Kier molecular flexibility index (Phi) is 8.67. The molecule has 8 heteroatoms. The van der Waals surface area contributed by atoms with Crippen LogP contribution in [0.4, 0.5) is 5.69 Å². The molecular formula is C26H30N2O5S. The minimum Gasteiger partial charge on any atom is -0.497 e. The number of sulfonamides is 1. The van der Waals surface area contributed by atoms with Crippen molar-refractivity contribution in [3.63, 3.8) is 0 Å². The molecule has 0 saturated heterocycles. The van der Waals surface area contributed by atoms with Crippen LogP contribution in [-0.4, -0.2) is 41.6 Å². The Hall–Kier alpha value is -3.36. The molecule has 0 saturated carbocycles. The van der Waals surface area contributed by atoms with Gasteiger partial charge in [-0.2, -0.15) is 0 Å². The van der Waals surface area contributed by atoms with Gasteiger partial charge in [0.25, 0.3) is 15.9 Å². The Bertz CT molecular complexity index is 1180. The fraction of sp³-hybridized carbons (Fsp3) is 0.269. The highest BCUT2D eigenvalue weighted by Crippen LogP contribution is 2.24. The lowest BCUT2D eigenvalue weighted by molar-refractivity contribution is 0.0635. The first-order valence-corrected chi connectivity index (χ1v) is 12.4. The van der Waals surface area contributed by atoms with E-state index in [-0.39, 0.29) is 22.5 Å². The first-order chi connectivity index (χ1) is 16.3. The first-order valence-electron chi connectivity index (χ1n) is 11.0. The summed E-state index contributed by atoms with van der Waals surface area (Å²) in [6, 6.07) is 22.7. The summed E-state index contributed by atoms with van der Waals surface area (Å²) in [5.74, 6) is 0.299. The van der Waals surface area contributed by atoms with E-state index in [1.165, 1.54) is 23.5 Å². The predicted octanol–water partition coefficient (Wildman–Crippen LogP) is 4.42. The van der Waals surface area contributed by atoms with Gasteiger partial charge < -0.3 is 14.8 Å². The van der Waals surface area contributed by atoms with Crippen molar-refractivity contribution in [1.29, 1.82) is 0 Å². The maximum Gasteiger partial charge on any atom is 0.264 e. The molecule has 1 atom stereocenters. The van der Waals surface area contributed by atoms with Gasteiger partial charge in [-0.25, -0.2) is 8.42 Å². The Labute approximate surface area is 201 Å². The van der Waals surface area contributed by atoms with Crippen LogP contribution < -0.4 is 14.4 Å². The molecule has 3 aromatic carbocycles. The van der Waals surface area contributed by atoms with Crippen LogP contribution in [0, 0.1) is 0 Å². The predicted molar refractivity (Wildman–Crippen MR) is 133 cm³/mol. The second kappa shape index (κ2) is 11.7. The molecule has 1 N–H and O–H groups in total. The van der Waals surface area contributed by atoms with Gasteiger partial charge in [-0.1, -0.05) is 36.4 Å². The first kappa shape index (κ1) is 25.3. The Morgan fingerprint density at radius 3 is 2.38 bits per heavy atom. The van der Waals surface area contributed by atoms with E-state index in [0.717, 1.165) is 5.56 Å². The van der Waals surface area contributed by atoms with E-state index in [9.17, 15) is 13.2 Å². The number of anilines is 1. The average Bonchev–Trinajstić information content (AvgIpc) is 2.88. The van der Waals surface area contributed by atoms with Crippen LogP contribution in [0.5, 0.6) is 5.75 Å². The number of methoxy groups -OCH3 is 1. The summed E-state index contributed by atoms with van der Waals surface area (Å²) in [4.78, 5) is 12.6. The molecule has 0 aromatic heterocycles. The topological polar surface area (TPSA) is 84.9 Å². The van der Waals surface area contributed by atoms with E-state index in [1.807, 2.05) is 37.3 Å². The van der Waals surface area contributed by atoms with Crippen LogP contribution in [0.1, 0.15) is 35.4 Å². The van der Waals surface area contributed by atoms with Crippen molar-refractivity contribution >= 4 is 21.6 Å². The molecule has 0 aliphatic heterocycles. The van der Waals surface area contributed by atoms with Gasteiger partial charge in [0.2, 0.25) is 0 Å². The van der Waals surface area contributed by atoms with Crippen LogP contribution in [0.15, 0.2) is 83.8 Å². The molecule has 34 heavy (non-hydrogen) atoms. The highest BCUT2D eigenvalue weighted by atomic mass is 32.2. The molecule has 3 rings (SSSR count). The van der Waals surface area contributed by atoms with Crippen molar-refractivity contribution in [2.75, 3.05) is 31.6 Å². The van der Waals surface area contributed by atoms with Crippen molar-refractivity contribution in [3.8, 4) is 5.75 Å². The number of nitrogens with one attached hydrogen (secondary N) is 1. The second-order valence-electron chi connectivity index (χ2n) is 7.73. The van der Waals surface area contributed by atoms with E-state index >= 15 is 0 Å². The summed E-state index contributed by atoms with van der Waals surface area (Å²) in [6.45, 7) is 2.91. The molecule has 3 aromatic rings. The van der Waals surface area contributed by atoms with E-state index in [1.54, 1.807) is 43.5 Å². The third-order valence-corrected chi connectivity index (χ3v) is 7.22. The minimum absolute atomic E-state index is 0.0264. The zero-order chi connectivity index (χ0) is 24.6. The monoisotopic (exact) mass is 482 g/mol. The van der Waals surface area contributed by atoms with Gasteiger partial charge in [-0.15, -0.1) is 0 Å². The molecular weight excluding hydrogens is 452 g/mol. The summed E-state index contributed by atoms with van der Waals surface area (Å²) in [7, 11) is -0.822. The molecule has 1 amide bonds. The van der Waals surface area contributed by atoms with Crippen molar-refractivity contribution in [3.05, 3.63) is 90.0 Å². The number of hydrogen-bond acceptors (Lipinski definition) is 5. The van der Waals surface area contributed by atoms with Gasteiger partial charge in [0.05, 0.1) is 23.8 Å². The largest absolute Gasteiger partial charge is 0.497 e. The highest BCUT2D eigenvalue weighted by molar-refractivity contribution is 7.92. The van der Waals surface area contributed by atoms with E-state index in [4.69, 9.17) is 9.47 Å². The molecule has 0 heterocycles. The van der Waals surface area contributed by atoms with Crippen molar-refractivity contribution < 1.29 is 22.7 Å². The number of ether oxygens (including phenoxy) is 2. The molecule has 0 bridgehead atoms. The number of carbonyl (C=O) groups excluding carboxylic acids is 1. The summed E-state index contributed by atoms with van der Waals surface area (Å²) in [5.41, 5.74) is 1.87. The Balaban J connectivity index is 1.55. The number of rotatable bonds is 11. The molecule has 0 fully saturated rings. The highest BCUT2D eigenvalue weighted by Gasteiger charge is 2.22. The van der Waals surface area contributed by atoms with Gasteiger partial charge in [0.15, 0.2) is 0 Å². The van der Waals surface area contributed by atoms with Crippen LogP contribution in [0.2, 0.25) is 0 Å². The van der Waals surface area contributed by atoms with E-state index < -0.39 is 10.0 Å². The van der Waals surface area contributed by atoms with Gasteiger partial charge in [0, 0.05) is 25.8 Å². The fourth-order valence-corrected chi connectivity index (χ4v) is 4.59. The average molecular weight is 483 g/mol. The third-order valence-electron chi connectivity index (χ3n) is 5.43. The SMILES string of the molecule is COc1ccc(N(C)S(=O)(=O)c2cccc(C(=O)NCCCOC(C)c3ccccc3)c2)cc1. The molecule has 0 spiro atoms. The van der Waals surface area contributed by atoms with Crippen LogP contribution in [-0.2, 0) is 14.8 Å². The number of hydrogen-bond donors (Lipinski definition) is 1. The molecule has 0 aliphatic rings. The van der Waals surface area contributed by atoms with Crippen LogP contribution in [0.25, 0.3) is 0 Å². The summed E-state index contributed by atoms with van der Waals surface area (Å²) < 4.78 is 38.3. The molecule has 180 valence electrons. The Morgan fingerprint density at radius 2 is 1.71 bits per heavy atom. The zero-order valence-electron chi connectivity index (χ0n) is 19.6. The fourth-order valence-electron chi connectivity index (χ4n) is 3.34.